The van der Waals surface area contributed by atoms with Crippen LogP contribution in [0.15, 0.2) is 48.5 Å². The number of para-hydroxylation sites is 2. The number of rotatable bonds is 5. The summed E-state index contributed by atoms with van der Waals surface area (Å²) in [7, 11) is 1.65. The van der Waals surface area contributed by atoms with Gasteiger partial charge in [-0.1, -0.05) is 12.1 Å². The fourth-order valence-corrected chi connectivity index (χ4v) is 3.68. The first-order valence-corrected chi connectivity index (χ1v) is 8.75. The highest BCUT2D eigenvalue weighted by atomic mass is 16.5. The quantitative estimate of drug-likeness (QED) is 0.765. The van der Waals surface area contributed by atoms with Crippen molar-refractivity contribution in [3.63, 3.8) is 0 Å². The monoisotopic (exact) mass is 351 g/mol. The number of aliphatic carboxylic acids is 1. The smallest absolute Gasteiger partial charge is 0.320 e. The summed E-state index contributed by atoms with van der Waals surface area (Å²) in [6.07, 6.45) is 1.60. The van der Waals surface area contributed by atoms with Gasteiger partial charge in [0.1, 0.15) is 17.6 Å². The van der Waals surface area contributed by atoms with Gasteiger partial charge in [0.15, 0.2) is 0 Å². The summed E-state index contributed by atoms with van der Waals surface area (Å²) in [4.78, 5) is 18.3. The third kappa shape index (κ3) is 2.93. The first kappa shape index (κ1) is 16.6. The van der Waals surface area contributed by atoms with E-state index in [0.29, 0.717) is 13.0 Å². The molecule has 0 saturated carbocycles. The van der Waals surface area contributed by atoms with Gasteiger partial charge in [-0.25, -0.2) is 4.98 Å². The van der Waals surface area contributed by atoms with Crippen molar-refractivity contribution in [1.29, 1.82) is 0 Å². The Labute approximate surface area is 151 Å². The van der Waals surface area contributed by atoms with E-state index in [2.05, 4.69) is 4.57 Å². The van der Waals surface area contributed by atoms with Gasteiger partial charge in [-0.3, -0.25) is 14.3 Å². The largest absolute Gasteiger partial charge is 0.497 e. The maximum atomic E-state index is 11.5. The Morgan fingerprint density at radius 3 is 2.73 bits per heavy atom. The number of methoxy groups -OCH3 is 1. The van der Waals surface area contributed by atoms with Gasteiger partial charge in [0.2, 0.25) is 0 Å². The first-order chi connectivity index (χ1) is 12.7. The zero-order valence-electron chi connectivity index (χ0n) is 14.6. The fraction of sp³-hybridized carbons (Fsp3) is 0.300. The maximum absolute atomic E-state index is 11.5. The van der Waals surface area contributed by atoms with E-state index in [1.165, 1.54) is 0 Å². The van der Waals surface area contributed by atoms with Crippen LogP contribution in [0.5, 0.6) is 5.75 Å². The van der Waals surface area contributed by atoms with Crippen molar-refractivity contribution in [2.75, 3.05) is 13.7 Å². The molecule has 1 N–H and O–H groups in total. The molecule has 2 heterocycles. The Bertz CT molecular complexity index is 933. The molecule has 1 aliphatic heterocycles. The molecule has 1 saturated heterocycles. The van der Waals surface area contributed by atoms with E-state index in [0.717, 1.165) is 41.3 Å². The predicted molar refractivity (Wildman–Crippen MR) is 98.7 cm³/mol. The van der Waals surface area contributed by atoms with E-state index < -0.39 is 12.0 Å². The third-order valence-electron chi connectivity index (χ3n) is 4.95. The summed E-state index contributed by atoms with van der Waals surface area (Å²) >= 11 is 0. The number of carboxylic acid groups (broad SMARTS) is 1. The van der Waals surface area contributed by atoms with Crippen LogP contribution in [0.2, 0.25) is 0 Å². The Kier molecular flexibility index (Phi) is 4.34. The summed E-state index contributed by atoms with van der Waals surface area (Å²) in [5.74, 6) is 0.893. The molecular formula is C20H21N3O3. The van der Waals surface area contributed by atoms with E-state index in [1.54, 1.807) is 7.11 Å². The molecule has 1 atom stereocenters. The molecule has 6 nitrogen and oxygen atoms in total. The molecule has 0 unspecified atom stereocenters. The van der Waals surface area contributed by atoms with Gasteiger partial charge in [0, 0.05) is 5.69 Å². The number of benzene rings is 2. The molecule has 134 valence electrons. The van der Waals surface area contributed by atoms with Crippen molar-refractivity contribution in [2.45, 2.75) is 25.4 Å². The minimum atomic E-state index is -0.755. The molecule has 0 bridgehead atoms. The normalized spacial score (nSPS) is 17.7. The molecule has 1 aliphatic rings. The molecule has 2 aromatic carbocycles. The summed E-state index contributed by atoms with van der Waals surface area (Å²) in [5.41, 5.74) is 2.91. The van der Waals surface area contributed by atoms with Gasteiger partial charge < -0.3 is 9.84 Å². The van der Waals surface area contributed by atoms with E-state index in [1.807, 2.05) is 53.4 Å². The number of nitrogens with zero attached hydrogens (tertiary/aromatic N) is 3. The minimum Gasteiger partial charge on any atom is -0.497 e. The number of imidazole rings is 1. The molecule has 0 aliphatic carbocycles. The van der Waals surface area contributed by atoms with Crippen LogP contribution in [-0.4, -0.2) is 45.2 Å². The molecule has 1 fully saturated rings. The summed E-state index contributed by atoms with van der Waals surface area (Å²) < 4.78 is 7.36. The van der Waals surface area contributed by atoms with E-state index in [9.17, 15) is 9.90 Å². The lowest BCUT2D eigenvalue weighted by Gasteiger charge is -2.21. The lowest BCUT2D eigenvalue weighted by molar-refractivity contribution is -0.142. The van der Waals surface area contributed by atoms with E-state index in [-0.39, 0.29) is 0 Å². The number of carboxylic acids is 1. The summed E-state index contributed by atoms with van der Waals surface area (Å²) in [5, 5.41) is 9.46. The molecule has 0 spiro atoms. The van der Waals surface area contributed by atoms with Crippen molar-refractivity contribution >= 4 is 17.0 Å². The van der Waals surface area contributed by atoms with Crippen LogP contribution in [0.25, 0.3) is 16.7 Å². The number of hydrogen-bond acceptors (Lipinski definition) is 4. The summed E-state index contributed by atoms with van der Waals surface area (Å²) in [6.45, 7) is 1.29. The van der Waals surface area contributed by atoms with Gasteiger partial charge in [0.05, 0.1) is 24.7 Å². The Balaban J connectivity index is 1.77. The van der Waals surface area contributed by atoms with Gasteiger partial charge >= 0.3 is 5.97 Å². The standard InChI is InChI=1S/C20H21N3O3/c1-26-15-10-8-14(9-11-15)23-17-6-3-2-5-16(17)21-19(23)13-22-12-4-7-18(22)20(24)25/h2-3,5-6,8-11,18H,4,7,12-13H2,1H3,(H,24,25)/t18-/m1/s1. The number of ether oxygens (including phenoxy) is 1. The Morgan fingerprint density at radius 2 is 2.00 bits per heavy atom. The predicted octanol–water partition coefficient (Wildman–Crippen LogP) is 3.08. The molecule has 6 heteroatoms. The average Bonchev–Trinajstić information content (AvgIpc) is 3.26. The Morgan fingerprint density at radius 1 is 1.23 bits per heavy atom. The van der Waals surface area contributed by atoms with Crippen LogP contribution in [-0.2, 0) is 11.3 Å². The number of hydrogen-bond donors (Lipinski definition) is 1. The fourth-order valence-electron chi connectivity index (χ4n) is 3.68. The van der Waals surface area contributed by atoms with Crippen LogP contribution < -0.4 is 4.74 Å². The lowest BCUT2D eigenvalue weighted by Crippen LogP contribution is -2.36. The van der Waals surface area contributed by atoms with Gasteiger partial charge in [-0.15, -0.1) is 0 Å². The molecule has 3 aromatic rings. The Hall–Kier alpha value is -2.86. The number of aromatic nitrogens is 2. The zero-order valence-corrected chi connectivity index (χ0v) is 14.6. The highest BCUT2D eigenvalue weighted by Crippen LogP contribution is 2.26. The van der Waals surface area contributed by atoms with Crippen LogP contribution in [0.3, 0.4) is 0 Å². The van der Waals surface area contributed by atoms with Crippen LogP contribution in [0.1, 0.15) is 18.7 Å². The summed E-state index contributed by atoms with van der Waals surface area (Å²) in [6, 6.07) is 15.4. The number of likely N-dealkylation sites (tertiary alicyclic amines) is 1. The second-order valence-corrected chi connectivity index (χ2v) is 6.52. The highest BCUT2D eigenvalue weighted by Gasteiger charge is 2.31. The SMILES string of the molecule is COc1ccc(-n2c(CN3CCC[C@@H]3C(=O)O)nc3ccccc32)cc1. The number of carbonyl (C=O) groups is 1. The van der Waals surface area contributed by atoms with Crippen LogP contribution >= 0.6 is 0 Å². The maximum Gasteiger partial charge on any atom is 0.320 e. The topological polar surface area (TPSA) is 67.6 Å². The average molecular weight is 351 g/mol. The van der Waals surface area contributed by atoms with Crippen LogP contribution in [0, 0.1) is 0 Å². The van der Waals surface area contributed by atoms with Crippen LogP contribution in [0.4, 0.5) is 0 Å². The van der Waals surface area contributed by atoms with E-state index in [4.69, 9.17) is 9.72 Å². The lowest BCUT2D eigenvalue weighted by atomic mass is 10.2. The molecule has 0 amide bonds. The van der Waals surface area contributed by atoms with Crippen molar-refractivity contribution in [1.82, 2.24) is 14.5 Å². The first-order valence-electron chi connectivity index (χ1n) is 8.75. The molecule has 26 heavy (non-hydrogen) atoms. The van der Waals surface area contributed by atoms with Crippen molar-refractivity contribution < 1.29 is 14.6 Å². The van der Waals surface area contributed by atoms with Crippen molar-refractivity contribution in [2.24, 2.45) is 0 Å². The van der Waals surface area contributed by atoms with Gasteiger partial charge in [-0.05, 0) is 55.8 Å². The molecular weight excluding hydrogens is 330 g/mol. The number of fused-ring (bicyclic) bond motifs is 1. The van der Waals surface area contributed by atoms with E-state index >= 15 is 0 Å². The highest BCUT2D eigenvalue weighted by molar-refractivity contribution is 5.78. The minimum absolute atomic E-state index is 0.431. The molecule has 4 rings (SSSR count). The zero-order chi connectivity index (χ0) is 18.1. The van der Waals surface area contributed by atoms with Gasteiger partial charge in [0.25, 0.3) is 0 Å². The molecule has 1 aromatic heterocycles. The van der Waals surface area contributed by atoms with Crippen molar-refractivity contribution in [3.05, 3.63) is 54.4 Å². The third-order valence-corrected chi connectivity index (χ3v) is 4.95. The van der Waals surface area contributed by atoms with Crippen molar-refractivity contribution in [3.8, 4) is 11.4 Å². The second-order valence-electron chi connectivity index (χ2n) is 6.52. The van der Waals surface area contributed by atoms with Gasteiger partial charge in [-0.2, -0.15) is 0 Å². The second kappa shape index (κ2) is 6.80. The molecule has 0 radical (unpaired) electrons.